The van der Waals surface area contributed by atoms with Gasteiger partial charge in [0.15, 0.2) is 0 Å². The lowest BCUT2D eigenvalue weighted by Gasteiger charge is -2.10. The van der Waals surface area contributed by atoms with E-state index in [-0.39, 0.29) is 0 Å². The summed E-state index contributed by atoms with van der Waals surface area (Å²) in [7, 11) is 0. The highest BCUT2D eigenvalue weighted by molar-refractivity contribution is 5.57. The number of benzene rings is 1. The maximum absolute atomic E-state index is 5.68. The fraction of sp³-hybridized carbons (Fsp3) is 0.263. The average molecular weight is 335 g/mol. The first-order valence-electron chi connectivity index (χ1n) is 8.32. The van der Waals surface area contributed by atoms with Crippen LogP contribution in [0.25, 0.3) is 0 Å². The van der Waals surface area contributed by atoms with Crippen LogP contribution in [0.5, 0.6) is 11.6 Å². The first-order valence-corrected chi connectivity index (χ1v) is 8.32. The SMILES string of the molecule is CCC(C)c1nccc(Nc2ccc(Oc3ccc(C)nn3)cc2)n1. The van der Waals surface area contributed by atoms with Crippen molar-refractivity contribution in [1.82, 2.24) is 20.2 Å². The number of ether oxygens (including phenoxy) is 1. The molecule has 0 aliphatic heterocycles. The van der Waals surface area contributed by atoms with Gasteiger partial charge in [-0.25, -0.2) is 9.97 Å². The van der Waals surface area contributed by atoms with Crippen LogP contribution < -0.4 is 10.1 Å². The summed E-state index contributed by atoms with van der Waals surface area (Å²) >= 11 is 0. The normalized spacial score (nSPS) is 11.8. The molecule has 2 heterocycles. The number of rotatable bonds is 6. The number of nitrogens with zero attached hydrogens (tertiary/aromatic N) is 4. The molecule has 0 aliphatic rings. The van der Waals surface area contributed by atoms with Gasteiger partial charge in [-0.15, -0.1) is 5.10 Å². The first-order chi connectivity index (χ1) is 12.1. The third kappa shape index (κ3) is 4.50. The lowest BCUT2D eigenvalue weighted by Crippen LogP contribution is -2.02. The van der Waals surface area contributed by atoms with Crippen LogP contribution in [0, 0.1) is 6.92 Å². The number of nitrogens with one attached hydrogen (secondary N) is 1. The quantitative estimate of drug-likeness (QED) is 0.708. The molecule has 1 atom stereocenters. The summed E-state index contributed by atoms with van der Waals surface area (Å²) in [6.07, 6.45) is 2.79. The van der Waals surface area contributed by atoms with E-state index >= 15 is 0 Å². The van der Waals surface area contributed by atoms with Crippen molar-refractivity contribution in [2.75, 3.05) is 5.32 Å². The molecule has 0 spiro atoms. The topological polar surface area (TPSA) is 72.8 Å². The van der Waals surface area contributed by atoms with E-state index in [0.29, 0.717) is 17.5 Å². The maximum Gasteiger partial charge on any atom is 0.238 e. The zero-order valence-electron chi connectivity index (χ0n) is 14.6. The van der Waals surface area contributed by atoms with Crippen LogP contribution in [-0.2, 0) is 0 Å². The fourth-order valence-electron chi connectivity index (χ4n) is 2.18. The molecule has 0 bridgehead atoms. The van der Waals surface area contributed by atoms with Gasteiger partial charge in [-0.3, -0.25) is 0 Å². The Morgan fingerprint density at radius 3 is 2.52 bits per heavy atom. The minimum atomic E-state index is 0.341. The van der Waals surface area contributed by atoms with Crippen LogP contribution in [0.3, 0.4) is 0 Å². The van der Waals surface area contributed by atoms with Gasteiger partial charge in [0.2, 0.25) is 5.88 Å². The Balaban J connectivity index is 1.67. The minimum Gasteiger partial charge on any atom is -0.438 e. The lowest BCUT2D eigenvalue weighted by atomic mass is 10.1. The van der Waals surface area contributed by atoms with E-state index in [4.69, 9.17) is 4.74 Å². The molecule has 2 aromatic heterocycles. The number of aromatic nitrogens is 4. The Hall–Kier alpha value is -3.02. The number of hydrogen-bond donors (Lipinski definition) is 1. The van der Waals surface area contributed by atoms with E-state index in [2.05, 4.69) is 39.3 Å². The molecule has 0 aliphatic carbocycles. The molecule has 1 N–H and O–H groups in total. The van der Waals surface area contributed by atoms with E-state index in [9.17, 15) is 0 Å². The second-order valence-corrected chi connectivity index (χ2v) is 5.87. The van der Waals surface area contributed by atoms with E-state index in [0.717, 1.165) is 29.4 Å². The van der Waals surface area contributed by atoms with Gasteiger partial charge in [-0.2, -0.15) is 5.10 Å². The lowest BCUT2D eigenvalue weighted by molar-refractivity contribution is 0.454. The molecule has 0 saturated heterocycles. The van der Waals surface area contributed by atoms with Gasteiger partial charge in [0.25, 0.3) is 0 Å². The molecule has 25 heavy (non-hydrogen) atoms. The number of anilines is 2. The third-order valence-electron chi connectivity index (χ3n) is 3.85. The predicted octanol–water partition coefficient (Wildman–Crippen LogP) is 4.62. The van der Waals surface area contributed by atoms with E-state index in [1.165, 1.54) is 0 Å². The Bertz CT molecular complexity index is 818. The molecular weight excluding hydrogens is 314 g/mol. The Labute approximate surface area is 147 Å². The molecule has 0 saturated carbocycles. The Kier molecular flexibility index (Phi) is 5.18. The Morgan fingerprint density at radius 2 is 1.84 bits per heavy atom. The molecule has 6 nitrogen and oxygen atoms in total. The molecule has 1 unspecified atom stereocenters. The number of aryl methyl sites for hydroxylation is 1. The van der Waals surface area contributed by atoms with Crippen molar-refractivity contribution >= 4 is 11.5 Å². The fourth-order valence-corrected chi connectivity index (χ4v) is 2.18. The van der Waals surface area contributed by atoms with Gasteiger partial charge >= 0.3 is 0 Å². The average Bonchev–Trinajstić information content (AvgIpc) is 2.65. The molecule has 3 rings (SSSR count). The summed E-state index contributed by atoms with van der Waals surface area (Å²) < 4.78 is 5.68. The van der Waals surface area contributed by atoms with Crippen molar-refractivity contribution in [1.29, 1.82) is 0 Å². The zero-order chi connectivity index (χ0) is 17.6. The monoisotopic (exact) mass is 335 g/mol. The molecular formula is C19H21N5O. The second-order valence-electron chi connectivity index (χ2n) is 5.87. The Morgan fingerprint density at radius 1 is 1.04 bits per heavy atom. The van der Waals surface area contributed by atoms with Gasteiger partial charge < -0.3 is 10.1 Å². The largest absolute Gasteiger partial charge is 0.438 e. The highest BCUT2D eigenvalue weighted by Crippen LogP contribution is 2.23. The minimum absolute atomic E-state index is 0.341. The molecule has 3 aromatic rings. The van der Waals surface area contributed by atoms with Crippen molar-refractivity contribution in [2.24, 2.45) is 0 Å². The highest BCUT2D eigenvalue weighted by atomic mass is 16.5. The number of hydrogen-bond acceptors (Lipinski definition) is 6. The van der Waals surface area contributed by atoms with Gasteiger partial charge in [0.1, 0.15) is 17.4 Å². The molecule has 6 heteroatoms. The van der Waals surface area contributed by atoms with Crippen LogP contribution in [-0.4, -0.2) is 20.2 Å². The summed E-state index contributed by atoms with van der Waals surface area (Å²) in [5, 5.41) is 11.3. The van der Waals surface area contributed by atoms with Crippen LogP contribution in [0.1, 0.15) is 37.7 Å². The van der Waals surface area contributed by atoms with Gasteiger partial charge in [-0.1, -0.05) is 13.8 Å². The summed E-state index contributed by atoms with van der Waals surface area (Å²) in [5.41, 5.74) is 1.78. The van der Waals surface area contributed by atoms with E-state index in [1.807, 2.05) is 43.3 Å². The smallest absolute Gasteiger partial charge is 0.238 e. The summed E-state index contributed by atoms with van der Waals surface area (Å²) in [4.78, 5) is 8.90. The summed E-state index contributed by atoms with van der Waals surface area (Å²) in [6, 6.07) is 13.1. The van der Waals surface area contributed by atoms with Crippen molar-refractivity contribution in [3.8, 4) is 11.6 Å². The van der Waals surface area contributed by atoms with Crippen LogP contribution in [0.2, 0.25) is 0 Å². The molecule has 128 valence electrons. The van der Waals surface area contributed by atoms with Crippen LogP contribution in [0.15, 0.2) is 48.7 Å². The summed E-state index contributed by atoms with van der Waals surface area (Å²) in [5.74, 6) is 3.15. The van der Waals surface area contributed by atoms with Crippen molar-refractivity contribution in [2.45, 2.75) is 33.1 Å². The zero-order valence-corrected chi connectivity index (χ0v) is 14.6. The molecule has 1 aromatic carbocycles. The maximum atomic E-state index is 5.68. The molecule has 0 fully saturated rings. The standard InChI is InChI=1S/C19H21N5O/c1-4-13(2)19-20-12-11-17(22-19)21-15-6-8-16(9-7-15)25-18-10-5-14(3)23-24-18/h5-13H,4H2,1-3H3,(H,20,21,22). The highest BCUT2D eigenvalue weighted by Gasteiger charge is 2.07. The first kappa shape index (κ1) is 16.8. The van der Waals surface area contributed by atoms with Gasteiger partial charge in [-0.05, 0) is 49.7 Å². The second kappa shape index (κ2) is 7.70. The predicted molar refractivity (Wildman–Crippen MR) is 97.3 cm³/mol. The van der Waals surface area contributed by atoms with Gasteiger partial charge in [0.05, 0.1) is 5.69 Å². The molecule has 0 amide bonds. The van der Waals surface area contributed by atoms with Crippen LogP contribution >= 0.6 is 0 Å². The van der Waals surface area contributed by atoms with Crippen molar-refractivity contribution < 1.29 is 4.74 Å². The van der Waals surface area contributed by atoms with E-state index < -0.39 is 0 Å². The van der Waals surface area contributed by atoms with Gasteiger partial charge in [0, 0.05) is 23.9 Å². The van der Waals surface area contributed by atoms with Crippen molar-refractivity contribution in [3.05, 3.63) is 60.2 Å². The van der Waals surface area contributed by atoms with Crippen LogP contribution in [0.4, 0.5) is 11.5 Å². The summed E-state index contributed by atoms with van der Waals surface area (Å²) in [6.45, 7) is 6.14. The third-order valence-corrected chi connectivity index (χ3v) is 3.85. The van der Waals surface area contributed by atoms with E-state index in [1.54, 1.807) is 12.3 Å². The van der Waals surface area contributed by atoms with Crippen molar-refractivity contribution in [3.63, 3.8) is 0 Å². The molecule has 0 radical (unpaired) electrons.